The number of rotatable bonds is 5. The molecule has 0 saturated carbocycles. The highest BCUT2D eigenvalue weighted by molar-refractivity contribution is 7.89. The molecule has 5 rings (SSSR count). The lowest BCUT2D eigenvalue weighted by Crippen LogP contribution is -2.53. The number of aryl methyl sites for hydroxylation is 2. The molecular weight excluding hydrogens is 460 g/mol. The fourth-order valence-corrected chi connectivity index (χ4v) is 6.31. The maximum Gasteiger partial charge on any atom is 0.325 e. The van der Waals surface area contributed by atoms with Crippen molar-refractivity contribution < 1.29 is 27.2 Å². The van der Waals surface area contributed by atoms with Crippen molar-refractivity contribution in [3.05, 3.63) is 53.5 Å². The van der Waals surface area contributed by atoms with Crippen LogP contribution in [-0.2, 0) is 38.0 Å². The maximum absolute atomic E-state index is 13.1. The van der Waals surface area contributed by atoms with E-state index in [2.05, 4.69) is 5.32 Å². The molecule has 3 aliphatic rings. The fraction of sp³-hybridized carbons (Fsp3) is 0.435. The fourth-order valence-electron chi connectivity index (χ4n) is 4.84. The lowest BCUT2D eigenvalue weighted by atomic mass is 9.99. The normalized spacial score (nSPS) is 23.3. The van der Waals surface area contributed by atoms with E-state index in [4.69, 9.17) is 4.42 Å². The third-order valence-corrected chi connectivity index (χ3v) is 8.78. The smallest absolute Gasteiger partial charge is 0.325 e. The number of sulfonamides is 1. The number of nitrogens with one attached hydrogen (secondary N) is 1. The summed E-state index contributed by atoms with van der Waals surface area (Å²) in [6.45, 7) is 1.77. The summed E-state index contributed by atoms with van der Waals surface area (Å²) in [4.78, 5) is 40.8. The van der Waals surface area contributed by atoms with Gasteiger partial charge in [0, 0.05) is 26.2 Å². The average Bonchev–Trinajstić information content (AvgIpc) is 3.57. The highest BCUT2D eigenvalue weighted by atomic mass is 32.2. The summed E-state index contributed by atoms with van der Waals surface area (Å²) >= 11 is 0. The molecule has 0 bridgehead atoms. The van der Waals surface area contributed by atoms with Gasteiger partial charge >= 0.3 is 6.03 Å². The second-order valence-corrected chi connectivity index (χ2v) is 10.9. The molecule has 1 aromatic carbocycles. The van der Waals surface area contributed by atoms with E-state index >= 15 is 0 Å². The predicted octanol–water partition coefficient (Wildman–Crippen LogP) is 1.07. The molecule has 2 aromatic rings. The molecule has 11 heteroatoms. The highest BCUT2D eigenvalue weighted by Crippen LogP contribution is 2.29. The van der Waals surface area contributed by atoms with Gasteiger partial charge in [-0.25, -0.2) is 13.2 Å². The number of benzene rings is 1. The molecule has 10 nitrogen and oxygen atoms in total. The highest BCUT2D eigenvalue weighted by Gasteiger charge is 2.51. The molecule has 1 unspecified atom stereocenters. The molecule has 1 aromatic heterocycles. The van der Waals surface area contributed by atoms with Crippen LogP contribution < -0.4 is 5.32 Å². The molecule has 1 aliphatic carbocycles. The van der Waals surface area contributed by atoms with Crippen LogP contribution in [0.5, 0.6) is 0 Å². The SMILES string of the molecule is CC1(c2ccco2)NC(=O)N(CC(=O)N2CCN(S(=O)(=O)c3ccc4c(c3)CCC4)CC2)C1=O. The number of piperazine rings is 1. The van der Waals surface area contributed by atoms with Crippen LogP contribution >= 0.6 is 0 Å². The summed E-state index contributed by atoms with van der Waals surface area (Å²) in [5, 5.41) is 2.59. The number of carbonyl (C=O) groups excluding carboxylic acids is 3. The number of furan rings is 1. The van der Waals surface area contributed by atoms with Crippen molar-refractivity contribution in [2.24, 2.45) is 0 Å². The summed E-state index contributed by atoms with van der Waals surface area (Å²) in [5.41, 5.74) is 0.923. The van der Waals surface area contributed by atoms with Crippen molar-refractivity contribution in [2.75, 3.05) is 32.7 Å². The maximum atomic E-state index is 13.1. The Morgan fingerprint density at radius 2 is 1.82 bits per heavy atom. The van der Waals surface area contributed by atoms with Crippen LogP contribution in [0.2, 0.25) is 0 Å². The molecule has 1 N–H and O–H groups in total. The number of amides is 4. The van der Waals surface area contributed by atoms with Crippen LogP contribution in [0.1, 0.15) is 30.2 Å². The Balaban J connectivity index is 1.22. The van der Waals surface area contributed by atoms with E-state index in [1.807, 2.05) is 6.07 Å². The zero-order valence-corrected chi connectivity index (χ0v) is 19.6. The molecule has 4 amide bonds. The quantitative estimate of drug-likeness (QED) is 0.632. The molecule has 3 heterocycles. The van der Waals surface area contributed by atoms with E-state index in [1.165, 1.54) is 28.0 Å². The van der Waals surface area contributed by atoms with Gasteiger partial charge in [-0.2, -0.15) is 4.31 Å². The number of nitrogens with zero attached hydrogens (tertiary/aromatic N) is 3. The standard InChI is InChI=1S/C23H26N4O6S/c1-23(19-6-3-13-33-19)21(29)27(22(30)24-23)15-20(28)25-9-11-26(12-10-25)34(31,32)18-8-7-16-4-2-5-17(16)14-18/h3,6-8,13-14H,2,4-5,9-12,15H2,1H3,(H,24,30). The second kappa shape index (κ2) is 8.24. The first-order chi connectivity index (χ1) is 16.2. The molecule has 0 radical (unpaired) electrons. The Morgan fingerprint density at radius 3 is 2.53 bits per heavy atom. The van der Waals surface area contributed by atoms with Gasteiger partial charge in [0.15, 0.2) is 5.54 Å². The van der Waals surface area contributed by atoms with Crippen molar-refractivity contribution in [3.63, 3.8) is 0 Å². The van der Waals surface area contributed by atoms with Gasteiger partial charge in [0.2, 0.25) is 15.9 Å². The second-order valence-electron chi connectivity index (χ2n) is 8.99. The summed E-state index contributed by atoms with van der Waals surface area (Å²) < 4.78 is 32.9. The van der Waals surface area contributed by atoms with Crippen molar-refractivity contribution >= 4 is 27.9 Å². The third kappa shape index (κ3) is 3.68. The average molecular weight is 487 g/mol. The molecule has 180 valence electrons. The van der Waals surface area contributed by atoms with Gasteiger partial charge in [-0.15, -0.1) is 0 Å². The van der Waals surface area contributed by atoms with Crippen molar-refractivity contribution in [1.29, 1.82) is 0 Å². The summed E-state index contributed by atoms with van der Waals surface area (Å²) in [6, 6.07) is 7.85. The number of urea groups is 1. The molecule has 2 fully saturated rings. The van der Waals surface area contributed by atoms with Crippen molar-refractivity contribution in [2.45, 2.75) is 36.6 Å². The van der Waals surface area contributed by atoms with Gasteiger partial charge in [0.05, 0.1) is 11.2 Å². The minimum Gasteiger partial charge on any atom is -0.466 e. The molecule has 34 heavy (non-hydrogen) atoms. The van der Waals surface area contributed by atoms with Crippen LogP contribution in [-0.4, -0.2) is 73.1 Å². The van der Waals surface area contributed by atoms with Crippen LogP contribution in [0.3, 0.4) is 0 Å². The van der Waals surface area contributed by atoms with E-state index in [9.17, 15) is 22.8 Å². The number of hydrogen-bond donors (Lipinski definition) is 1. The number of carbonyl (C=O) groups is 3. The lowest BCUT2D eigenvalue weighted by Gasteiger charge is -2.34. The van der Waals surface area contributed by atoms with Crippen LogP contribution in [0.15, 0.2) is 45.9 Å². The van der Waals surface area contributed by atoms with Gasteiger partial charge in [-0.1, -0.05) is 6.07 Å². The van der Waals surface area contributed by atoms with Gasteiger partial charge in [-0.3, -0.25) is 14.5 Å². The Labute approximate surface area is 197 Å². The number of fused-ring (bicyclic) bond motifs is 1. The van der Waals surface area contributed by atoms with E-state index in [-0.39, 0.29) is 36.8 Å². The van der Waals surface area contributed by atoms with Gasteiger partial charge in [0.25, 0.3) is 5.91 Å². The Morgan fingerprint density at radius 1 is 1.09 bits per heavy atom. The first-order valence-corrected chi connectivity index (χ1v) is 12.7. The van der Waals surface area contributed by atoms with Crippen LogP contribution in [0.25, 0.3) is 0 Å². The van der Waals surface area contributed by atoms with E-state index in [1.54, 1.807) is 24.3 Å². The summed E-state index contributed by atoms with van der Waals surface area (Å²) in [5.74, 6) is -0.702. The minimum absolute atomic E-state index is 0.148. The van der Waals surface area contributed by atoms with E-state index in [0.717, 1.165) is 29.7 Å². The van der Waals surface area contributed by atoms with Gasteiger partial charge in [-0.05, 0) is 61.6 Å². The van der Waals surface area contributed by atoms with E-state index < -0.39 is 40.0 Å². The Bertz CT molecular complexity index is 1250. The van der Waals surface area contributed by atoms with E-state index in [0.29, 0.717) is 0 Å². The van der Waals surface area contributed by atoms with Crippen LogP contribution in [0.4, 0.5) is 4.79 Å². The third-order valence-electron chi connectivity index (χ3n) is 6.88. The number of imide groups is 1. The zero-order valence-electron chi connectivity index (χ0n) is 18.8. The molecule has 1 atom stereocenters. The zero-order chi connectivity index (χ0) is 24.1. The number of hydrogen-bond acceptors (Lipinski definition) is 6. The Kier molecular flexibility index (Phi) is 5.48. The molecule has 2 aliphatic heterocycles. The lowest BCUT2D eigenvalue weighted by molar-refractivity contribution is -0.139. The molecular formula is C23H26N4O6S. The Hall–Kier alpha value is -3.18. The minimum atomic E-state index is -3.66. The van der Waals surface area contributed by atoms with Crippen molar-refractivity contribution in [1.82, 2.24) is 19.4 Å². The first kappa shape index (κ1) is 22.6. The van der Waals surface area contributed by atoms with Gasteiger partial charge in [0.1, 0.15) is 12.3 Å². The topological polar surface area (TPSA) is 120 Å². The summed E-state index contributed by atoms with van der Waals surface area (Å²) in [6.07, 6.45) is 4.32. The van der Waals surface area contributed by atoms with Crippen LogP contribution in [0, 0.1) is 0 Å². The van der Waals surface area contributed by atoms with Crippen molar-refractivity contribution in [3.8, 4) is 0 Å². The van der Waals surface area contributed by atoms with Gasteiger partial charge < -0.3 is 14.6 Å². The predicted molar refractivity (Wildman–Crippen MR) is 120 cm³/mol. The monoisotopic (exact) mass is 486 g/mol. The largest absolute Gasteiger partial charge is 0.466 e. The first-order valence-electron chi connectivity index (χ1n) is 11.3. The molecule has 2 saturated heterocycles. The molecule has 0 spiro atoms. The summed E-state index contributed by atoms with van der Waals surface area (Å²) in [7, 11) is -3.66.